The van der Waals surface area contributed by atoms with Crippen LogP contribution in [-0.2, 0) is 6.18 Å². The molecule has 2 rings (SSSR count). The van der Waals surface area contributed by atoms with Gasteiger partial charge >= 0.3 is 6.18 Å². The van der Waals surface area contributed by atoms with E-state index in [9.17, 15) is 13.2 Å². The summed E-state index contributed by atoms with van der Waals surface area (Å²) < 4.78 is 49.5. The van der Waals surface area contributed by atoms with E-state index in [1.165, 1.54) is 12.3 Å². The molecule has 4 nitrogen and oxygen atoms in total. The fourth-order valence-electron chi connectivity index (χ4n) is 1.68. The Labute approximate surface area is 119 Å². The lowest BCUT2D eigenvalue weighted by molar-refractivity contribution is -0.138. The van der Waals surface area contributed by atoms with E-state index in [-0.39, 0.29) is 23.1 Å². The normalized spacial score (nSPS) is 11.2. The van der Waals surface area contributed by atoms with Gasteiger partial charge in [0.15, 0.2) is 5.75 Å². The number of alkyl halides is 3. The van der Waals surface area contributed by atoms with E-state index >= 15 is 0 Å². The second-order valence-electron chi connectivity index (χ2n) is 4.10. The van der Waals surface area contributed by atoms with Crippen molar-refractivity contribution in [3.05, 3.63) is 42.1 Å². The van der Waals surface area contributed by atoms with Crippen LogP contribution in [0.25, 0.3) is 0 Å². The van der Waals surface area contributed by atoms with Crippen molar-refractivity contribution in [2.75, 3.05) is 12.3 Å². The molecular weight excluding hydrogens is 285 g/mol. The first-order valence-corrected chi connectivity index (χ1v) is 6.14. The second kappa shape index (κ2) is 5.90. The fraction of sp³-hybridized carbons (Fsp3) is 0.214. The minimum Gasteiger partial charge on any atom is -0.488 e. The maximum absolute atomic E-state index is 13.0. The Morgan fingerprint density at radius 1 is 1.19 bits per heavy atom. The monoisotopic (exact) mass is 298 g/mol. The molecular formula is C14H13F3N2O2. The van der Waals surface area contributed by atoms with Gasteiger partial charge in [0, 0.05) is 11.9 Å². The highest BCUT2D eigenvalue weighted by Gasteiger charge is 2.35. The Balaban J connectivity index is 2.41. The van der Waals surface area contributed by atoms with Crippen LogP contribution in [0.4, 0.5) is 18.9 Å². The molecule has 1 aromatic carbocycles. The molecule has 0 saturated heterocycles. The van der Waals surface area contributed by atoms with Gasteiger partial charge in [-0.25, -0.2) is 4.98 Å². The molecule has 1 heterocycles. The van der Waals surface area contributed by atoms with Crippen LogP contribution in [0.1, 0.15) is 12.5 Å². The zero-order chi connectivity index (χ0) is 15.5. The van der Waals surface area contributed by atoms with Crippen molar-refractivity contribution in [3.63, 3.8) is 0 Å². The Morgan fingerprint density at radius 3 is 2.62 bits per heavy atom. The average Bonchev–Trinajstić information content (AvgIpc) is 2.42. The van der Waals surface area contributed by atoms with E-state index in [1.54, 1.807) is 19.1 Å². The lowest BCUT2D eigenvalue weighted by Gasteiger charge is -2.15. The molecule has 112 valence electrons. The first kappa shape index (κ1) is 15.0. The highest BCUT2D eigenvalue weighted by molar-refractivity contribution is 5.50. The van der Waals surface area contributed by atoms with Crippen LogP contribution in [0.5, 0.6) is 17.4 Å². The van der Waals surface area contributed by atoms with Crippen LogP contribution in [-0.4, -0.2) is 11.6 Å². The lowest BCUT2D eigenvalue weighted by Crippen LogP contribution is -2.08. The molecule has 0 aliphatic heterocycles. The van der Waals surface area contributed by atoms with Crippen molar-refractivity contribution in [2.45, 2.75) is 13.1 Å². The standard InChI is InChI=1S/C14H13F3N2O2/c1-2-20-12-4-3-7-19-13(12)21-11-6-5-9(18)8-10(11)14(15,16)17/h3-8H,2,18H2,1H3. The number of hydrogen-bond acceptors (Lipinski definition) is 4. The highest BCUT2D eigenvalue weighted by atomic mass is 19.4. The predicted octanol–water partition coefficient (Wildman–Crippen LogP) is 3.87. The van der Waals surface area contributed by atoms with Crippen molar-refractivity contribution in [2.24, 2.45) is 0 Å². The number of aromatic nitrogens is 1. The summed E-state index contributed by atoms with van der Waals surface area (Å²) in [6.45, 7) is 2.09. The van der Waals surface area contributed by atoms with E-state index in [0.29, 0.717) is 6.61 Å². The number of halogens is 3. The van der Waals surface area contributed by atoms with Crippen molar-refractivity contribution >= 4 is 5.69 Å². The van der Waals surface area contributed by atoms with Gasteiger partial charge in [0.1, 0.15) is 11.3 Å². The number of hydrogen-bond donors (Lipinski definition) is 1. The Kier molecular flexibility index (Phi) is 4.21. The molecule has 7 heteroatoms. The van der Waals surface area contributed by atoms with E-state index in [4.69, 9.17) is 15.2 Å². The van der Waals surface area contributed by atoms with Crippen molar-refractivity contribution in [1.82, 2.24) is 4.98 Å². The molecule has 0 spiro atoms. The molecule has 0 unspecified atom stereocenters. The summed E-state index contributed by atoms with van der Waals surface area (Å²) in [4.78, 5) is 3.89. The quantitative estimate of drug-likeness (QED) is 0.870. The topological polar surface area (TPSA) is 57.4 Å². The molecule has 21 heavy (non-hydrogen) atoms. The molecule has 0 bridgehead atoms. The molecule has 2 N–H and O–H groups in total. The maximum Gasteiger partial charge on any atom is 0.420 e. The van der Waals surface area contributed by atoms with Crippen LogP contribution in [0.3, 0.4) is 0 Å². The van der Waals surface area contributed by atoms with Gasteiger partial charge in [-0.3, -0.25) is 0 Å². The van der Waals surface area contributed by atoms with Gasteiger partial charge in [-0.05, 0) is 37.3 Å². The van der Waals surface area contributed by atoms with Crippen LogP contribution >= 0.6 is 0 Å². The van der Waals surface area contributed by atoms with Gasteiger partial charge in [0.05, 0.1) is 6.61 Å². The number of ether oxygens (including phenoxy) is 2. The molecule has 2 aromatic rings. The molecule has 0 saturated carbocycles. The fourth-order valence-corrected chi connectivity index (χ4v) is 1.68. The molecule has 0 radical (unpaired) electrons. The Bertz CT molecular complexity index is 630. The summed E-state index contributed by atoms with van der Waals surface area (Å²) in [5.74, 6) is -0.143. The number of pyridine rings is 1. The summed E-state index contributed by atoms with van der Waals surface area (Å²) in [7, 11) is 0. The number of rotatable bonds is 4. The summed E-state index contributed by atoms with van der Waals surface area (Å²) >= 11 is 0. The van der Waals surface area contributed by atoms with Crippen LogP contribution < -0.4 is 15.2 Å². The average molecular weight is 298 g/mol. The van der Waals surface area contributed by atoms with Crippen LogP contribution in [0.2, 0.25) is 0 Å². The number of nitrogen functional groups attached to an aromatic ring is 1. The number of nitrogens with zero attached hydrogens (tertiary/aromatic N) is 1. The van der Waals surface area contributed by atoms with Gasteiger partial charge in [0.25, 0.3) is 5.88 Å². The van der Waals surface area contributed by atoms with Gasteiger partial charge in [-0.2, -0.15) is 13.2 Å². The third-order valence-corrected chi connectivity index (χ3v) is 2.55. The lowest BCUT2D eigenvalue weighted by atomic mass is 10.1. The van der Waals surface area contributed by atoms with E-state index < -0.39 is 11.7 Å². The van der Waals surface area contributed by atoms with Crippen molar-refractivity contribution < 1.29 is 22.6 Å². The van der Waals surface area contributed by atoms with Crippen molar-refractivity contribution in [1.29, 1.82) is 0 Å². The Morgan fingerprint density at radius 2 is 1.95 bits per heavy atom. The first-order valence-electron chi connectivity index (χ1n) is 6.14. The third kappa shape index (κ3) is 3.56. The van der Waals surface area contributed by atoms with E-state index in [0.717, 1.165) is 12.1 Å². The largest absolute Gasteiger partial charge is 0.488 e. The van der Waals surface area contributed by atoms with Gasteiger partial charge in [-0.15, -0.1) is 0 Å². The number of nitrogens with two attached hydrogens (primary N) is 1. The smallest absolute Gasteiger partial charge is 0.420 e. The van der Waals surface area contributed by atoms with Crippen molar-refractivity contribution in [3.8, 4) is 17.4 Å². The summed E-state index contributed by atoms with van der Waals surface area (Å²) in [6, 6.07) is 6.47. The molecule has 0 aliphatic carbocycles. The predicted molar refractivity (Wildman–Crippen MR) is 71.3 cm³/mol. The molecule has 0 atom stereocenters. The third-order valence-electron chi connectivity index (χ3n) is 2.55. The molecule has 0 fully saturated rings. The van der Waals surface area contributed by atoms with Gasteiger partial charge in [0.2, 0.25) is 0 Å². The van der Waals surface area contributed by atoms with Crippen LogP contribution in [0, 0.1) is 0 Å². The van der Waals surface area contributed by atoms with Gasteiger partial charge < -0.3 is 15.2 Å². The minimum atomic E-state index is -4.58. The van der Waals surface area contributed by atoms with Gasteiger partial charge in [-0.1, -0.05) is 0 Å². The first-order chi connectivity index (χ1) is 9.91. The highest BCUT2D eigenvalue weighted by Crippen LogP contribution is 2.40. The maximum atomic E-state index is 13.0. The summed E-state index contributed by atoms with van der Waals surface area (Å²) in [6.07, 6.45) is -3.17. The molecule has 0 amide bonds. The number of anilines is 1. The second-order valence-corrected chi connectivity index (χ2v) is 4.10. The molecule has 1 aromatic heterocycles. The van der Waals surface area contributed by atoms with E-state index in [2.05, 4.69) is 4.98 Å². The van der Waals surface area contributed by atoms with E-state index in [1.807, 2.05) is 0 Å². The summed E-state index contributed by atoms with van der Waals surface area (Å²) in [5.41, 5.74) is 4.44. The zero-order valence-corrected chi connectivity index (χ0v) is 11.1. The zero-order valence-electron chi connectivity index (χ0n) is 11.1. The number of benzene rings is 1. The Hall–Kier alpha value is -2.44. The minimum absolute atomic E-state index is 0.000674. The molecule has 0 aliphatic rings. The van der Waals surface area contributed by atoms with Crippen LogP contribution in [0.15, 0.2) is 36.5 Å². The SMILES string of the molecule is CCOc1cccnc1Oc1ccc(N)cc1C(F)(F)F. The summed E-state index contributed by atoms with van der Waals surface area (Å²) in [5, 5.41) is 0.